The number of hydrogen-bond donors (Lipinski definition) is 0. The number of rotatable bonds is 4. The number of amides is 2. The van der Waals surface area contributed by atoms with Gasteiger partial charge in [0.15, 0.2) is 0 Å². The lowest BCUT2D eigenvalue weighted by atomic mass is 9.85. The molecule has 0 aromatic heterocycles. The molecule has 2 fully saturated rings. The number of carbonyl (C=O) groups is 2. The van der Waals surface area contributed by atoms with Crippen molar-refractivity contribution in [2.75, 3.05) is 40.9 Å². The number of imide groups is 1. The molecule has 5 rings (SSSR count). The van der Waals surface area contributed by atoms with E-state index in [1.54, 1.807) is 30.3 Å². The average molecular weight is 450 g/mol. The van der Waals surface area contributed by atoms with Gasteiger partial charge in [-0.25, -0.2) is 9.29 Å². The van der Waals surface area contributed by atoms with E-state index in [9.17, 15) is 24.1 Å². The van der Waals surface area contributed by atoms with Crippen LogP contribution in [0.4, 0.5) is 27.1 Å². The van der Waals surface area contributed by atoms with Crippen LogP contribution in [0.2, 0.25) is 0 Å². The van der Waals surface area contributed by atoms with Crippen molar-refractivity contribution >= 4 is 34.6 Å². The summed E-state index contributed by atoms with van der Waals surface area (Å²) in [5.74, 6) is -1.68. The van der Waals surface area contributed by atoms with Gasteiger partial charge in [-0.1, -0.05) is 24.3 Å². The van der Waals surface area contributed by atoms with Crippen LogP contribution in [0.3, 0.4) is 0 Å². The SMILES string of the molecule is O=C1[C@H]2CC=CC[C@H]2C(=O)N1c1ccc(N2CCN(c3ccccc3F)CC2)c([N+](=O)[O-])c1. The minimum Gasteiger partial charge on any atom is -0.366 e. The fourth-order valence-electron chi connectivity index (χ4n) is 5.02. The standard InChI is InChI=1S/C24H23FN4O4/c25-19-7-3-4-8-20(19)26-11-13-27(14-12-26)21-10-9-16(15-22(21)29(32)33)28-23(30)17-5-1-2-6-18(17)24(28)31/h1-4,7-10,15,17-18H,5-6,11-14H2/t17-,18+. The third-order valence-electron chi connectivity index (χ3n) is 6.73. The predicted molar refractivity (Wildman–Crippen MR) is 122 cm³/mol. The molecule has 0 spiro atoms. The van der Waals surface area contributed by atoms with Gasteiger partial charge < -0.3 is 9.80 Å². The summed E-state index contributed by atoms with van der Waals surface area (Å²) in [6.45, 7) is 1.98. The zero-order valence-electron chi connectivity index (χ0n) is 17.9. The monoisotopic (exact) mass is 450 g/mol. The number of allylic oxidation sites excluding steroid dienone is 2. The van der Waals surface area contributed by atoms with Crippen molar-refractivity contribution in [2.45, 2.75) is 12.8 Å². The molecule has 170 valence electrons. The molecule has 2 aromatic rings. The molecule has 0 saturated carbocycles. The molecule has 0 bridgehead atoms. The van der Waals surface area contributed by atoms with Gasteiger partial charge in [0.2, 0.25) is 11.8 Å². The Morgan fingerprint density at radius 1 is 0.848 bits per heavy atom. The summed E-state index contributed by atoms with van der Waals surface area (Å²) in [7, 11) is 0. The highest BCUT2D eigenvalue weighted by Crippen LogP contribution is 2.40. The van der Waals surface area contributed by atoms with Crippen molar-refractivity contribution in [1.29, 1.82) is 0 Å². The van der Waals surface area contributed by atoms with E-state index >= 15 is 0 Å². The van der Waals surface area contributed by atoms with Crippen LogP contribution < -0.4 is 14.7 Å². The van der Waals surface area contributed by atoms with E-state index in [4.69, 9.17) is 0 Å². The fraction of sp³-hybridized carbons (Fsp3) is 0.333. The van der Waals surface area contributed by atoms with Crippen LogP contribution >= 0.6 is 0 Å². The van der Waals surface area contributed by atoms with E-state index in [2.05, 4.69) is 0 Å². The molecule has 0 radical (unpaired) electrons. The summed E-state index contributed by atoms with van der Waals surface area (Å²) < 4.78 is 14.1. The molecule has 0 N–H and O–H groups in total. The van der Waals surface area contributed by atoms with Gasteiger partial charge in [-0.05, 0) is 37.1 Å². The number of nitro groups is 1. The summed E-state index contributed by atoms with van der Waals surface area (Å²) in [4.78, 5) is 42.1. The summed E-state index contributed by atoms with van der Waals surface area (Å²) in [6.07, 6.45) is 4.83. The summed E-state index contributed by atoms with van der Waals surface area (Å²) in [6, 6.07) is 11.1. The van der Waals surface area contributed by atoms with Crippen molar-refractivity contribution in [3.05, 3.63) is 70.5 Å². The quantitative estimate of drug-likeness (QED) is 0.307. The molecule has 2 aromatic carbocycles. The Morgan fingerprint density at radius 2 is 1.42 bits per heavy atom. The van der Waals surface area contributed by atoms with Gasteiger partial charge in [0.1, 0.15) is 11.5 Å². The van der Waals surface area contributed by atoms with Gasteiger partial charge in [0.25, 0.3) is 5.69 Å². The minimum atomic E-state index is -0.484. The number of anilines is 3. The zero-order valence-corrected chi connectivity index (χ0v) is 17.9. The maximum Gasteiger partial charge on any atom is 0.294 e. The normalized spacial score (nSPS) is 22.6. The van der Waals surface area contributed by atoms with Crippen LogP contribution in [0.15, 0.2) is 54.6 Å². The second-order valence-corrected chi connectivity index (χ2v) is 8.52. The maximum absolute atomic E-state index is 14.1. The van der Waals surface area contributed by atoms with E-state index in [0.717, 1.165) is 4.90 Å². The largest absolute Gasteiger partial charge is 0.366 e. The van der Waals surface area contributed by atoms with Gasteiger partial charge in [-0.15, -0.1) is 0 Å². The second kappa shape index (κ2) is 8.31. The minimum absolute atomic E-state index is 0.152. The average Bonchev–Trinajstić information content (AvgIpc) is 3.09. The van der Waals surface area contributed by atoms with Crippen molar-refractivity contribution in [1.82, 2.24) is 0 Å². The molecule has 2 aliphatic heterocycles. The third kappa shape index (κ3) is 3.63. The Labute approximate surface area is 190 Å². The second-order valence-electron chi connectivity index (χ2n) is 8.52. The van der Waals surface area contributed by atoms with Crippen LogP contribution in [0.5, 0.6) is 0 Å². The molecule has 9 heteroatoms. The van der Waals surface area contributed by atoms with Crippen molar-refractivity contribution in [3.8, 4) is 0 Å². The molecule has 2 heterocycles. The lowest BCUT2D eigenvalue weighted by Crippen LogP contribution is -2.47. The number of fused-ring (bicyclic) bond motifs is 1. The molecular weight excluding hydrogens is 427 g/mol. The van der Waals surface area contributed by atoms with Crippen molar-refractivity contribution in [3.63, 3.8) is 0 Å². The predicted octanol–water partition coefficient (Wildman–Crippen LogP) is 3.52. The number of piperazine rings is 1. The highest BCUT2D eigenvalue weighted by Gasteiger charge is 2.48. The van der Waals surface area contributed by atoms with Gasteiger partial charge in [-0.2, -0.15) is 0 Å². The number of benzene rings is 2. The van der Waals surface area contributed by atoms with Crippen molar-refractivity contribution in [2.24, 2.45) is 11.8 Å². The molecule has 3 aliphatic rings. The van der Waals surface area contributed by atoms with E-state index in [-0.39, 0.29) is 29.0 Å². The Bertz CT molecular complexity index is 1130. The highest BCUT2D eigenvalue weighted by atomic mass is 19.1. The highest BCUT2D eigenvalue weighted by molar-refractivity contribution is 6.22. The van der Waals surface area contributed by atoms with Crippen LogP contribution in [0.1, 0.15) is 12.8 Å². The molecule has 1 aliphatic carbocycles. The Hall–Kier alpha value is -3.75. The Morgan fingerprint density at radius 3 is 2.00 bits per heavy atom. The van der Waals surface area contributed by atoms with Gasteiger partial charge in [0, 0.05) is 32.2 Å². The molecule has 2 atom stereocenters. The summed E-state index contributed by atoms with van der Waals surface area (Å²) >= 11 is 0. The third-order valence-corrected chi connectivity index (χ3v) is 6.73. The number of nitro benzene ring substituents is 1. The molecule has 2 amide bonds. The topological polar surface area (TPSA) is 87.0 Å². The number of carbonyl (C=O) groups excluding carboxylic acids is 2. The van der Waals surface area contributed by atoms with Gasteiger partial charge in [-0.3, -0.25) is 19.7 Å². The van der Waals surface area contributed by atoms with Crippen molar-refractivity contribution < 1.29 is 18.9 Å². The number of halogens is 1. The van der Waals surface area contributed by atoms with E-state index in [1.807, 2.05) is 22.0 Å². The number of hydrogen-bond acceptors (Lipinski definition) is 6. The number of nitrogens with zero attached hydrogens (tertiary/aromatic N) is 4. The van der Waals surface area contributed by atoms with E-state index in [0.29, 0.717) is 50.4 Å². The Balaban J connectivity index is 1.38. The molecule has 33 heavy (non-hydrogen) atoms. The molecular formula is C24H23FN4O4. The van der Waals surface area contributed by atoms with E-state index < -0.39 is 16.8 Å². The first-order chi connectivity index (χ1) is 16.0. The van der Waals surface area contributed by atoms with Gasteiger partial charge in [0.05, 0.1) is 28.1 Å². The first-order valence-electron chi connectivity index (χ1n) is 11.0. The first-order valence-corrected chi connectivity index (χ1v) is 11.0. The summed E-state index contributed by atoms with van der Waals surface area (Å²) in [5, 5.41) is 11.9. The fourth-order valence-corrected chi connectivity index (χ4v) is 5.02. The van der Waals surface area contributed by atoms with Gasteiger partial charge >= 0.3 is 0 Å². The summed E-state index contributed by atoms with van der Waals surface area (Å²) in [5.41, 5.74) is 1.03. The molecule has 2 saturated heterocycles. The lowest BCUT2D eigenvalue weighted by molar-refractivity contribution is -0.384. The molecule has 0 unspecified atom stereocenters. The zero-order chi connectivity index (χ0) is 23.1. The Kier molecular flexibility index (Phi) is 5.32. The van der Waals surface area contributed by atoms with Crippen LogP contribution in [0.25, 0.3) is 0 Å². The molecule has 8 nitrogen and oxygen atoms in total. The van der Waals surface area contributed by atoms with E-state index in [1.165, 1.54) is 12.1 Å². The smallest absolute Gasteiger partial charge is 0.294 e. The first kappa shape index (κ1) is 21.1. The number of para-hydroxylation sites is 1. The maximum atomic E-state index is 14.1. The van der Waals surface area contributed by atoms with Crippen LogP contribution in [-0.4, -0.2) is 42.9 Å². The van der Waals surface area contributed by atoms with Crippen LogP contribution in [-0.2, 0) is 9.59 Å². The van der Waals surface area contributed by atoms with Crippen LogP contribution in [0, 0.1) is 27.8 Å². The lowest BCUT2D eigenvalue weighted by Gasteiger charge is -2.37.